The van der Waals surface area contributed by atoms with Crippen LogP contribution in [0.3, 0.4) is 0 Å². The van der Waals surface area contributed by atoms with E-state index in [0.29, 0.717) is 0 Å². The van der Waals surface area contributed by atoms with E-state index in [4.69, 9.17) is 4.74 Å². The zero-order valence-corrected chi connectivity index (χ0v) is 22.6. The van der Waals surface area contributed by atoms with Gasteiger partial charge in [0.1, 0.15) is 0 Å². The zero-order valence-electron chi connectivity index (χ0n) is 20.2. The van der Waals surface area contributed by atoms with Gasteiger partial charge in [-0.05, 0) is 6.07 Å². The first-order chi connectivity index (χ1) is 17.2. The Morgan fingerprint density at radius 1 is 0.771 bits per heavy atom. The zero-order chi connectivity index (χ0) is 24.5. The van der Waals surface area contributed by atoms with Crippen LogP contribution in [0.4, 0.5) is 0 Å². The van der Waals surface area contributed by atoms with Crippen LogP contribution in [0.25, 0.3) is 21.5 Å². The van der Waals surface area contributed by atoms with Crippen LogP contribution in [0.5, 0.6) is 5.75 Å². The number of benzene rings is 4. The van der Waals surface area contributed by atoms with E-state index in [1.165, 1.54) is 65.7 Å². The molecule has 6 rings (SSSR count). The second-order valence-electron chi connectivity index (χ2n) is 8.26. The molecule has 1 aliphatic rings. The van der Waals surface area contributed by atoms with E-state index < -0.39 is 0 Å². The van der Waals surface area contributed by atoms with Crippen molar-refractivity contribution in [3.8, 4) is 5.75 Å². The van der Waals surface area contributed by atoms with Crippen molar-refractivity contribution in [2.45, 2.75) is 13.3 Å². The molecule has 0 fully saturated rings. The molecule has 0 aromatic heterocycles. The molecule has 170 valence electrons. The van der Waals surface area contributed by atoms with E-state index in [-0.39, 0.29) is 0 Å². The number of hydrogen-bond acceptors (Lipinski definition) is 1. The topological polar surface area (TPSA) is 9.23 Å². The van der Waals surface area contributed by atoms with Crippen LogP contribution in [-0.2, 0) is 24.2 Å². The van der Waals surface area contributed by atoms with E-state index in [2.05, 4.69) is 116 Å². The molecule has 0 heterocycles. The summed E-state index contributed by atoms with van der Waals surface area (Å²) in [5.41, 5.74) is 4.00. The summed E-state index contributed by atoms with van der Waals surface area (Å²) in [6.07, 6.45) is 8.24. The van der Waals surface area contributed by atoms with Crippen LogP contribution in [0.2, 0.25) is 0 Å². The number of methoxy groups -OCH3 is 1. The van der Waals surface area contributed by atoms with Crippen molar-refractivity contribution >= 4 is 24.8 Å². The maximum absolute atomic E-state index is 5.39. The fraction of sp³-hybridized carbons (Fsp3) is 0.0909. The molecule has 1 aliphatic carbocycles. The van der Waals surface area contributed by atoms with Crippen LogP contribution in [-0.4, -0.2) is 10.3 Å². The van der Waals surface area contributed by atoms with Crippen molar-refractivity contribution in [3.05, 3.63) is 144 Å². The molecular formula is C33H28OZr. The van der Waals surface area contributed by atoms with Gasteiger partial charge in [0.15, 0.2) is 0 Å². The maximum atomic E-state index is 5.39. The number of rotatable bonds is 3. The summed E-state index contributed by atoms with van der Waals surface area (Å²) < 4.78 is 6.81. The quantitative estimate of drug-likeness (QED) is 0.213. The van der Waals surface area contributed by atoms with Crippen molar-refractivity contribution in [1.82, 2.24) is 0 Å². The third kappa shape index (κ3) is 6.47. The monoisotopic (exact) mass is 530 g/mol. The van der Waals surface area contributed by atoms with Gasteiger partial charge in [-0.2, -0.15) is 6.08 Å². The molecule has 0 aliphatic heterocycles. The second kappa shape index (κ2) is 12.5. The van der Waals surface area contributed by atoms with Gasteiger partial charge in [-0.3, -0.25) is 6.08 Å². The van der Waals surface area contributed by atoms with Crippen LogP contribution in [0, 0.1) is 6.08 Å². The first-order valence-corrected chi connectivity index (χ1v) is 12.9. The molecule has 5 aromatic rings. The fourth-order valence-corrected chi connectivity index (χ4v) is 4.84. The van der Waals surface area contributed by atoms with Gasteiger partial charge in [-0.25, -0.2) is 11.6 Å². The molecule has 0 saturated heterocycles. The third-order valence-corrected chi connectivity index (χ3v) is 7.24. The number of allylic oxidation sites excluding steroid dienone is 4. The van der Waals surface area contributed by atoms with E-state index in [1.807, 2.05) is 18.2 Å². The average Bonchev–Trinajstić information content (AvgIpc) is 3.56. The van der Waals surface area contributed by atoms with E-state index >= 15 is 0 Å². The molecule has 1 nitrogen and oxygen atoms in total. The van der Waals surface area contributed by atoms with Crippen LogP contribution >= 0.6 is 0 Å². The third-order valence-electron chi connectivity index (χ3n) is 5.82. The summed E-state index contributed by atoms with van der Waals surface area (Å²) in [6, 6.07) is 37.9. The van der Waals surface area contributed by atoms with Gasteiger partial charge < -0.3 is 4.74 Å². The summed E-state index contributed by atoms with van der Waals surface area (Å²) in [6.45, 7) is 2.08. The Kier molecular flexibility index (Phi) is 8.87. The SMILES string of the molecule is CC1=CC[C-]=C1.COc1cccc2[cH-]c3ccccc3c12.[Zr+2]=[C](c1ccccc1)c1ccccc1. The summed E-state index contributed by atoms with van der Waals surface area (Å²) in [5, 5.41) is 5.01. The Morgan fingerprint density at radius 3 is 1.91 bits per heavy atom. The fourth-order valence-electron chi connectivity index (χ4n) is 4.02. The molecule has 35 heavy (non-hydrogen) atoms. The normalized spacial score (nSPS) is 11.8. The number of fused-ring (bicyclic) bond motifs is 3. The minimum absolute atomic E-state index is 0.952. The Balaban J connectivity index is 0.000000135. The van der Waals surface area contributed by atoms with E-state index in [1.54, 1.807) is 7.11 Å². The van der Waals surface area contributed by atoms with Crippen LogP contribution < -0.4 is 4.74 Å². The number of hydrogen-bond donors (Lipinski definition) is 0. The van der Waals surface area contributed by atoms with Crippen molar-refractivity contribution in [1.29, 1.82) is 0 Å². The first kappa shape index (κ1) is 24.9. The van der Waals surface area contributed by atoms with Gasteiger partial charge >= 0.3 is 99.2 Å². The molecule has 0 atom stereocenters. The molecule has 0 saturated carbocycles. The van der Waals surface area contributed by atoms with Crippen LogP contribution in [0.15, 0.2) is 127 Å². The van der Waals surface area contributed by atoms with Gasteiger partial charge in [0.05, 0.1) is 12.9 Å². The summed E-state index contributed by atoms with van der Waals surface area (Å²) >= 11 is 1.46. The van der Waals surface area contributed by atoms with Gasteiger partial charge in [-0.1, -0.05) is 29.7 Å². The minimum atomic E-state index is 0.952. The molecule has 0 N–H and O–H groups in total. The van der Waals surface area contributed by atoms with Gasteiger partial charge in [-0.15, -0.1) is 47.7 Å². The molecule has 5 aromatic carbocycles. The predicted octanol–water partition coefficient (Wildman–Crippen LogP) is 8.22. The van der Waals surface area contributed by atoms with Gasteiger partial charge in [0.25, 0.3) is 0 Å². The first-order valence-electron chi connectivity index (χ1n) is 11.7. The number of ether oxygens (including phenoxy) is 1. The molecule has 0 radical (unpaired) electrons. The van der Waals surface area contributed by atoms with Crippen molar-refractivity contribution in [2.24, 2.45) is 0 Å². The van der Waals surface area contributed by atoms with Crippen LogP contribution in [0.1, 0.15) is 24.5 Å². The second-order valence-corrected chi connectivity index (χ2v) is 9.49. The van der Waals surface area contributed by atoms with E-state index in [0.717, 1.165) is 12.2 Å². The van der Waals surface area contributed by atoms with Gasteiger partial charge in [0, 0.05) is 0 Å². The summed E-state index contributed by atoms with van der Waals surface area (Å²) in [5.74, 6) is 0.952. The molecule has 0 bridgehead atoms. The Bertz CT molecular complexity index is 1410. The van der Waals surface area contributed by atoms with Crippen molar-refractivity contribution in [3.63, 3.8) is 0 Å². The Morgan fingerprint density at radius 2 is 1.37 bits per heavy atom. The Hall–Kier alpha value is -3.22. The summed E-state index contributed by atoms with van der Waals surface area (Å²) in [4.78, 5) is 0. The summed E-state index contributed by atoms with van der Waals surface area (Å²) in [7, 11) is 1.72. The molecule has 0 spiro atoms. The van der Waals surface area contributed by atoms with Gasteiger partial charge in [0.2, 0.25) is 0 Å². The predicted molar refractivity (Wildman–Crippen MR) is 146 cm³/mol. The molecule has 0 unspecified atom stereocenters. The average molecular weight is 532 g/mol. The van der Waals surface area contributed by atoms with Crippen molar-refractivity contribution < 1.29 is 29.0 Å². The molecule has 2 heteroatoms. The molecule has 0 amide bonds. The van der Waals surface area contributed by atoms with Crippen molar-refractivity contribution in [2.75, 3.05) is 7.11 Å². The van der Waals surface area contributed by atoms with E-state index in [9.17, 15) is 0 Å². The Labute approximate surface area is 223 Å². The molecular weight excluding hydrogens is 504 g/mol. The standard InChI is InChI=1S/C14H11O.C13H10.C6H7.Zr/c1-15-13-8-4-6-11-9-10-5-2-3-7-12(10)14(11)13;1-3-7-12(8-4-1)11-13-9-5-2-6-10-13;1-6-4-2-3-5-6;/h2-9H,1H3;1-10H;4-5H,2H2,1H3;/q-1;;-1;+2.